The summed E-state index contributed by atoms with van der Waals surface area (Å²) in [5.41, 5.74) is 1.82. The summed E-state index contributed by atoms with van der Waals surface area (Å²) in [6, 6.07) is 21.0. The molecule has 1 aromatic heterocycles. The van der Waals surface area contributed by atoms with E-state index in [4.69, 9.17) is 9.47 Å². The number of amides is 1. The Labute approximate surface area is 170 Å². The molecule has 29 heavy (non-hydrogen) atoms. The second kappa shape index (κ2) is 10.7. The van der Waals surface area contributed by atoms with E-state index in [9.17, 15) is 4.79 Å². The molecule has 1 amide bonds. The average molecular weight is 391 g/mol. The Balaban J connectivity index is 1.41. The van der Waals surface area contributed by atoms with E-state index in [1.807, 2.05) is 42.5 Å². The van der Waals surface area contributed by atoms with Gasteiger partial charge in [0, 0.05) is 18.3 Å². The molecular formula is C23H25N3O3. The standard InChI is InChI=1S/C23H25N3O3/c1-28-20-7-9-21(10-8-20)29-16-15-26-23(27)19-12-14-25-22(17-19)24-13-11-18-5-3-2-4-6-18/h2-10,12,14,17H,11,13,15-16H2,1H3,(H,24,25)(H,26,27). The van der Waals surface area contributed by atoms with Crippen LogP contribution in [0.25, 0.3) is 0 Å². The van der Waals surface area contributed by atoms with Crippen LogP contribution in [0.3, 0.4) is 0 Å². The van der Waals surface area contributed by atoms with Crippen molar-refractivity contribution in [3.63, 3.8) is 0 Å². The second-order valence-electron chi connectivity index (χ2n) is 6.37. The average Bonchev–Trinajstić information content (AvgIpc) is 2.78. The van der Waals surface area contributed by atoms with Crippen LogP contribution in [0.15, 0.2) is 72.9 Å². The maximum absolute atomic E-state index is 12.3. The minimum atomic E-state index is -0.156. The molecule has 0 atom stereocenters. The molecule has 6 nitrogen and oxygen atoms in total. The van der Waals surface area contributed by atoms with E-state index < -0.39 is 0 Å². The van der Waals surface area contributed by atoms with Gasteiger partial charge in [-0.25, -0.2) is 4.98 Å². The van der Waals surface area contributed by atoms with E-state index >= 15 is 0 Å². The number of nitrogens with zero attached hydrogens (tertiary/aromatic N) is 1. The van der Waals surface area contributed by atoms with Crippen LogP contribution in [0.1, 0.15) is 15.9 Å². The molecule has 2 N–H and O–H groups in total. The van der Waals surface area contributed by atoms with Crippen molar-refractivity contribution in [3.05, 3.63) is 84.1 Å². The largest absolute Gasteiger partial charge is 0.497 e. The summed E-state index contributed by atoms with van der Waals surface area (Å²) in [5, 5.41) is 6.12. The first kappa shape index (κ1) is 20.2. The third-order valence-electron chi connectivity index (χ3n) is 4.30. The van der Waals surface area contributed by atoms with E-state index in [0.29, 0.717) is 24.5 Å². The van der Waals surface area contributed by atoms with Gasteiger partial charge in [0.1, 0.15) is 23.9 Å². The Morgan fingerprint density at radius 3 is 2.48 bits per heavy atom. The van der Waals surface area contributed by atoms with Crippen LogP contribution in [0.4, 0.5) is 5.82 Å². The summed E-state index contributed by atoms with van der Waals surface area (Å²) < 4.78 is 10.7. The van der Waals surface area contributed by atoms with Crippen LogP contribution in [-0.4, -0.2) is 37.7 Å². The molecule has 0 radical (unpaired) electrons. The highest BCUT2D eigenvalue weighted by Gasteiger charge is 2.06. The zero-order valence-corrected chi connectivity index (χ0v) is 16.4. The Bertz CT molecular complexity index is 899. The maximum Gasteiger partial charge on any atom is 0.251 e. The molecule has 0 bridgehead atoms. The fourth-order valence-corrected chi connectivity index (χ4v) is 2.76. The van der Waals surface area contributed by atoms with E-state index in [0.717, 1.165) is 24.5 Å². The SMILES string of the molecule is COc1ccc(OCCNC(=O)c2ccnc(NCCc3ccccc3)c2)cc1. The van der Waals surface area contributed by atoms with Crippen molar-refractivity contribution in [2.24, 2.45) is 0 Å². The fourth-order valence-electron chi connectivity index (χ4n) is 2.76. The van der Waals surface area contributed by atoms with Gasteiger partial charge < -0.3 is 20.1 Å². The van der Waals surface area contributed by atoms with Gasteiger partial charge in [0.25, 0.3) is 5.91 Å². The molecule has 0 aliphatic carbocycles. The van der Waals surface area contributed by atoms with Crippen molar-refractivity contribution in [1.29, 1.82) is 0 Å². The lowest BCUT2D eigenvalue weighted by atomic mass is 10.1. The van der Waals surface area contributed by atoms with Crippen LogP contribution in [-0.2, 0) is 6.42 Å². The van der Waals surface area contributed by atoms with E-state index in [1.54, 1.807) is 25.4 Å². The summed E-state index contributed by atoms with van der Waals surface area (Å²) in [5.74, 6) is 2.03. The number of carbonyl (C=O) groups excluding carboxylic acids is 1. The minimum Gasteiger partial charge on any atom is -0.497 e. The van der Waals surface area contributed by atoms with Gasteiger partial charge in [-0.3, -0.25) is 4.79 Å². The van der Waals surface area contributed by atoms with Crippen molar-refractivity contribution >= 4 is 11.7 Å². The second-order valence-corrected chi connectivity index (χ2v) is 6.37. The van der Waals surface area contributed by atoms with Gasteiger partial charge in [-0.15, -0.1) is 0 Å². The Kier molecular flexibility index (Phi) is 7.46. The molecular weight excluding hydrogens is 366 g/mol. The molecule has 0 unspecified atom stereocenters. The molecule has 0 fully saturated rings. The van der Waals surface area contributed by atoms with Crippen LogP contribution < -0.4 is 20.1 Å². The number of pyridine rings is 1. The van der Waals surface area contributed by atoms with Gasteiger partial charge in [-0.05, 0) is 48.4 Å². The van der Waals surface area contributed by atoms with E-state index in [-0.39, 0.29) is 5.91 Å². The Morgan fingerprint density at radius 1 is 0.966 bits per heavy atom. The van der Waals surface area contributed by atoms with Gasteiger partial charge in [0.15, 0.2) is 0 Å². The number of hydrogen-bond donors (Lipinski definition) is 2. The number of rotatable bonds is 10. The summed E-state index contributed by atoms with van der Waals surface area (Å²) >= 11 is 0. The van der Waals surface area contributed by atoms with Crippen molar-refractivity contribution in [3.8, 4) is 11.5 Å². The highest BCUT2D eigenvalue weighted by atomic mass is 16.5. The monoisotopic (exact) mass is 391 g/mol. The molecule has 2 aromatic carbocycles. The third-order valence-corrected chi connectivity index (χ3v) is 4.30. The van der Waals surface area contributed by atoms with Gasteiger partial charge in [0.05, 0.1) is 13.7 Å². The predicted octanol–water partition coefficient (Wildman–Crippen LogP) is 3.55. The summed E-state index contributed by atoms with van der Waals surface area (Å²) in [6.07, 6.45) is 2.52. The van der Waals surface area contributed by atoms with Crippen LogP contribution >= 0.6 is 0 Å². The van der Waals surface area contributed by atoms with Crippen molar-refractivity contribution in [2.45, 2.75) is 6.42 Å². The van der Waals surface area contributed by atoms with E-state index in [2.05, 4.69) is 27.8 Å². The molecule has 1 heterocycles. The zero-order chi connectivity index (χ0) is 20.3. The van der Waals surface area contributed by atoms with Gasteiger partial charge in [0.2, 0.25) is 0 Å². The molecule has 6 heteroatoms. The third kappa shape index (κ3) is 6.53. The van der Waals surface area contributed by atoms with Crippen LogP contribution in [0.2, 0.25) is 0 Å². The Hall–Kier alpha value is -3.54. The number of benzene rings is 2. The lowest BCUT2D eigenvalue weighted by Gasteiger charge is -2.10. The number of ether oxygens (including phenoxy) is 2. The molecule has 3 aromatic rings. The van der Waals surface area contributed by atoms with Gasteiger partial charge >= 0.3 is 0 Å². The Morgan fingerprint density at radius 2 is 1.72 bits per heavy atom. The first-order valence-corrected chi connectivity index (χ1v) is 9.53. The highest BCUT2D eigenvalue weighted by molar-refractivity contribution is 5.94. The van der Waals surface area contributed by atoms with Crippen LogP contribution in [0.5, 0.6) is 11.5 Å². The quantitative estimate of drug-likeness (QED) is 0.517. The van der Waals surface area contributed by atoms with Crippen molar-refractivity contribution < 1.29 is 14.3 Å². The lowest BCUT2D eigenvalue weighted by molar-refractivity contribution is 0.0947. The molecule has 0 saturated heterocycles. The van der Waals surface area contributed by atoms with Crippen molar-refractivity contribution in [1.82, 2.24) is 10.3 Å². The lowest BCUT2D eigenvalue weighted by Crippen LogP contribution is -2.28. The minimum absolute atomic E-state index is 0.156. The summed E-state index contributed by atoms with van der Waals surface area (Å²) in [4.78, 5) is 16.6. The van der Waals surface area contributed by atoms with Gasteiger partial charge in [-0.2, -0.15) is 0 Å². The maximum atomic E-state index is 12.3. The number of anilines is 1. The first-order valence-electron chi connectivity index (χ1n) is 9.53. The summed E-state index contributed by atoms with van der Waals surface area (Å²) in [7, 11) is 1.62. The predicted molar refractivity (Wildman–Crippen MR) is 114 cm³/mol. The fraction of sp³-hybridized carbons (Fsp3) is 0.217. The van der Waals surface area contributed by atoms with Crippen molar-refractivity contribution in [2.75, 3.05) is 32.1 Å². The molecule has 0 saturated carbocycles. The molecule has 0 aliphatic heterocycles. The number of methoxy groups -OCH3 is 1. The molecule has 150 valence electrons. The number of nitrogens with one attached hydrogen (secondary N) is 2. The highest BCUT2D eigenvalue weighted by Crippen LogP contribution is 2.16. The van der Waals surface area contributed by atoms with E-state index in [1.165, 1.54) is 5.56 Å². The first-order chi connectivity index (χ1) is 14.2. The van der Waals surface area contributed by atoms with Gasteiger partial charge in [-0.1, -0.05) is 30.3 Å². The molecule has 3 rings (SSSR count). The number of aromatic nitrogens is 1. The molecule has 0 aliphatic rings. The number of carbonyl (C=O) groups is 1. The van der Waals surface area contributed by atoms with Crippen LogP contribution in [0, 0.1) is 0 Å². The normalized spacial score (nSPS) is 10.2. The molecule has 0 spiro atoms. The smallest absolute Gasteiger partial charge is 0.251 e. The topological polar surface area (TPSA) is 72.5 Å². The number of hydrogen-bond acceptors (Lipinski definition) is 5. The summed E-state index contributed by atoms with van der Waals surface area (Å²) in [6.45, 7) is 1.53. The zero-order valence-electron chi connectivity index (χ0n) is 16.4.